The third-order valence-electron chi connectivity index (χ3n) is 5.15. The molecule has 192 valence electrons. The molecule has 1 amide bonds. The van der Waals surface area contributed by atoms with Gasteiger partial charge in [0.25, 0.3) is 5.91 Å². The van der Waals surface area contributed by atoms with Crippen molar-refractivity contribution in [1.29, 1.82) is 0 Å². The van der Waals surface area contributed by atoms with E-state index < -0.39 is 10.0 Å². The fourth-order valence-electron chi connectivity index (χ4n) is 3.46. The molecule has 1 N–H and O–H groups in total. The lowest BCUT2D eigenvalue weighted by Crippen LogP contribution is -2.29. The van der Waals surface area contributed by atoms with Crippen LogP contribution in [0.25, 0.3) is 0 Å². The van der Waals surface area contributed by atoms with Gasteiger partial charge in [0.15, 0.2) is 11.5 Å². The smallest absolute Gasteiger partial charge is 0.251 e. The molecule has 0 bridgehead atoms. The number of carbonyl (C=O) groups excluding carboxylic acids is 1. The van der Waals surface area contributed by atoms with Crippen LogP contribution < -0.4 is 23.8 Å². The van der Waals surface area contributed by atoms with Crippen LogP contribution in [0.5, 0.6) is 17.2 Å². The molecule has 0 aliphatic carbocycles. The van der Waals surface area contributed by atoms with E-state index in [2.05, 4.69) is 5.32 Å². The number of para-hydroxylation sites is 2. The second-order valence-electron chi connectivity index (χ2n) is 8.38. The molecular formula is C27H32N2O6S. The van der Waals surface area contributed by atoms with Gasteiger partial charge in [0.2, 0.25) is 10.0 Å². The molecule has 0 spiro atoms. The molecule has 0 aliphatic rings. The first-order valence-corrected chi connectivity index (χ1v) is 13.4. The van der Waals surface area contributed by atoms with Gasteiger partial charge in [0, 0.05) is 5.56 Å². The van der Waals surface area contributed by atoms with Crippen molar-refractivity contribution in [2.45, 2.75) is 26.5 Å². The summed E-state index contributed by atoms with van der Waals surface area (Å²) in [6, 6.07) is 21.1. The second kappa shape index (κ2) is 12.3. The molecule has 0 saturated carbocycles. The minimum Gasteiger partial charge on any atom is -0.493 e. The number of sulfonamides is 1. The minimum atomic E-state index is -3.53. The van der Waals surface area contributed by atoms with Crippen molar-refractivity contribution in [1.82, 2.24) is 5.32 Å². The molecular weight excluding hydrogens is 480 g/mol. The average Bonchev–Trinajstić information content (AvgIpc) is 2.85. The molecule has 0 fully saturated rings. The summed E-state index contributed by atoms with van der Waals surface area (Å²) in [6.07, 6.45) is 1.19. The molecule has 8 nitrogen and oxygen atoms in total. The molecule has 3 aromatic carbocycles. The molecule has 3 aromatic rings. The largest absolute Gasteiger partial charge is 0.493 e. The number of hydrogen-bond acceptors (Lipinski definition) is 6. The zero-order valence-electron chi connectivity index (χ0n) is 20.9. The Morgan fingerprint density at radius 2 is 1.58 bits per heavy atom. The average molecular weight is 513 g/mol. The maximum absolute atomic E-state index is 12.5. The normalized spacial score (nSPS) is 11.1. The van der Waals surface area contributed by atoms with E-state index in [1.54, 1.807) is 67.8 Å². The first-order valence-electron chi connectivity index (χ1n) is 11.5. The molecule has 0 heterocycles. The van der Waals surface area contributed by atoms with E-state index >= 15 is 0 Å². The SMILES string of the molecule is COc1ccccc1OCCNC(=O)c1ccc(CN(c2ccc(OC(C)C)cc2)S(C)(=O)=O)cc1. The summed E-state index contributed by atoms with van der Waals surface area (Å²) in [5.41, 5.74) is 1.75. The Kier molecular flexibility index (Phi) is 9.19. The number of ether oxygens (including phenoxy) is 3. The number of benzene rings is 3. The van der Waals surface area contributed by atoms with E-state index in [1.165, 1.54) is 10.6 Å². The van der Waals surface area contributed by atoms with Crippen molar-refractivity contribution in [3.05, 3.63) is 83.9 Å². The summed E-state index contributed by atoms with van der Waals surface area (Å²) >= 11 is 0. The van der Waals surface area contributed by atoms with E-state index in [4.69, 9.17) is 14.2 Å². The molecule has 0 aromatic heterocycles. The molecule has 3 rings (SSSR count). The zero-order valence-corrected chi connectivity index (χ0v) is 21.7. The van der Waals surface area contributed by atoms with Gasteiger partial charge < -0.3 is 19.5 Å². The summed E-state index contributed by atoms with van der Waals surface area (Å²) in [7, 11) is -1.96. The molecule has 36 heavy (non-hydrogen) atoms. The lowest BCUT2D eigenvalue weighted by molar-refractivity contribution is 0.0946. The third kappa shape index (κ3) is 7.64. The van der Waals surface area contributed by atoms with Crippen LogP contribution in [0, 0.1) is 0 Å². The second-order valence-corrected chi connectivity index (χ2v) is 10.3. The van der Waals surface area contributed by atoms with E-state index in [0.29, 0.717) is 35.0 Å². The Morgan fingerprint density at radius 1 is 0.944 bits per heavy atom. The number of rotatable bonds is 12. The molecule has 9 heteroatoms. The van der Waals surface area contributed by atoms with Gasteiger partial charge in [0.05, 0.1) is 38.2 Å². The predicted molar refractivity (Wildman–Crippen MR) is 140 cm³/mol. The molecule has 0 saturated heterocycles. The van der Waals surface area contributed by atoms with Gasteiger partial charge in [-0.25, -0.2) is 8.42 Å². The fraction of sp³-hybridized carbons (Fsp3) is 0.296. The summed E-state index contributed by atoms with van der Waals surface area (Å²) in [5, 5.41) is 2.81. The van der Waals surface area contributed by atoms with Gasteiger partial charge in [-0.15, -0.1) is 0 Å². The van der Waals surface area contributed by atoms with Gasteiger partial charge in [-0.3, -0.25) is 9.10 Å². The highest BCUT2D eigenvalue weighted by molar-refractivity contribution is 7.92. The molecule has 0 atom stereocenters. The number of nitrogens with zero attached hydrogens (tertiary/aromatic N) is 1. The van der Waals surface area contributed by atoms with Crippen molar-refractivity contribution in [3.8, 4) is 17.2 Å². The predicted octanol–water partition coefficient (Wildman–Crippen LogP) is 4.26. The third-order valence-corrected chi connectivity index (χ3v) is 6.29. The van der Waals surface area contributed by atoms with Crippen LogP contribution in [0.15, 0.2) is 72.8 Å². The van der Waals surface area contributed by atoms with Crippen LogP contribution >= 0.6 is 0 Å². The maximum atomic E-state index is 12.5. The summed E-state index contributed by atoms with van der Waals surface area (Å²) in [5.74, 6) is 1.66. The Morgan fingerprint density at radius 3 is 2.17 bits per heavy atom. The molecule has 0 radical (unpaired) electrons. The first kappa shape index (κ1) is 26.9. The minimum absolute atomic E-state index is 0.0254. The number of nitrogens with one attached hydrogen (secondary N) is 1. The first-order chi connectivity index (χ1) is 17.2. The van der Waals surface area contributed by atoms with E-state index in [0.717, 1.165) is 5.56 Å². The number of amides is 1. The van der Waals surface area contributed by atoms with Crippen LogP contribution in [0.2, 0.25) is 0 Å². The van der Waals surface area contributed by atoms with Gasteiger partial charge in [-0.05, 0) is 67.9 Å². The molecule has 0 unspecified atom stereocenters. The van der Waals surface area contributed by atoms with E-state index in [9.17, 15) is 13.2 Å². The standard InChI is InChI=1S/C27H32N2O6S/c1-20(2)35-24-15-13-23(14-16-24)29(36(4,31)32)19-21-9-11-22(12-10-21)27(30)28-17-18-34-26-8-6-5-7-25(26)33-3/h5-16,20H,17-19H2,1-4H3,(H,28,30). The van der Waals surface area contributed by atoms with Crippen LogP contribution in [-0.4, -0.2) is 46.9 Å². The molecule has 0 aliphatic heterocycles. The van der Waals surface area contributed by atoms with Crippen molar-refractivity contribution >= 4 is 21.6 Å². The van der Waals surface area contributed by atoms with Gasteiger partial charge >= 0.3 is 0 Å². The van der Waals surface area contributed by atoms with Crippen LogP contribution in [-0.2, 0) is 16.6 Å². The van der Waals surface area contributed by atoms with Gasteiger partial charge in [0.1, 0.15) is 12.4 Å². The van der Waals surface area contributed by atoms with Crippen molar-refractivity contribution < 1.29 is 27.4 Å². The highest BCUT2D eigenvalue weighted by Gasteiger charge is 2.18. The van der Waals surface area contributed by atoms with E-state index in [-0.39, 0.29) is 25.2 Å². The quantitative estimate of drug-likeness (QED) is 0.365. The van der Waals surface area contributed by atoms with Gasteiger partial charge in [-0.2, -0.15) is 0 Å². The number of methoxy groups -OCH3 is 1. The lowest BCUT2D eigenvalue weighted by Gasteiger charge is -2.23. The Bertz CT molecular complexity index is 1240. The maximum Gasteiger partial charge on any atom is 0.251 e. The van der Waals surface area contributed by atoms with Crippen LogP contribution in [0.4, 0.5) is 5.69 Å². The highest BCUT2D eigenvalue weighted by Crippen LogP contribution is 2.26. The van der Waals surface area contributed by atoms with Crippen LogP contribution in [0.3, 0.4) is 0 Å². The highest BCUT2D eigenvalue weighted by atomic mass is 32.2. The lowest BCUT2D eigenvalue weighted by atomic mass is 10.1. The Labute approximate surface area is 212 Å². The van der Waals surface area contributed by atoms with Crippen molar-refractivity contribution in [2.24, 2.45) is 0 Å². The summed E-state index contributed by atoms with van der Waals surface area (Å²) in [6.45, 7) is 4.59. The number of anilines is 1. The summed E-state index contributed by atoms with van der Waals surface area (Å²) < 4.78 is 42.8. The Hall–Kier alpha value is -3.72. The topological polar surface area (TPSA) is 94.2 Å². The summed E-state index contributed by atoms with van der Waals surface area (Å²) in [4.78, 5) is 12.5. The monoisotopic (exact) mass is 512 g/mol. The van der Waals surface area contributed by atoms with Crippen LogP contribution in [0.1, 0.15) is 29.8 Å². The van der Waals surface area contributed by atoms with Gasteiger partial charge in [-0.1, -0.05) is 24.3 Å². The van der Waals surface area contributed by atoms with E-state index in [1.807, 2.05) is 26.0 Å². The fourth-order valence-corrected chi connectivity index (χ4v) is 4.34. The number of carbonyl (C=O) groups is 1. The number of hydrogen-bond donors (Lipinski definition) is 1. The Balaban J connectivity index is 1.58. The zero-order chi connectivity index (χ0) is 26.1. The van der Waals surface area contributed by atoms with Crippen molar-refractivity contribution in [3.63, 3.8) is 0 Å². The van der Waals surface area contributed by atoms with Crippen molar-refractivity contribution in [2.75, 3.05) is 30.8 Å².